The summed E-state index contributed by atoms with van der Waals surface area (Å²) in [6.45, 7) is 4.20. The average molecular weight is 483 g/mol. The second kappa shape index (κ2) is 8.16. The number of aliphatic hydroxyl groups is 1. The van der Waals surface area contributed by atoms with E-state index in [9.17, 15) is 14.7 Å². The molecular formula is C23H19BrN2O3S. The summed E-state index contributed by atoms with van der Waals surface area (Å²) in [5.41, 5.74) is 2.43. The number of carbonyl (C=O) groups excluding carboxylic acids is 2. The minimum Gasteiger partial charge on any atom is -0.507 e. The molecule has 7 heteroatoms. The molecule has 0 aliphatic carbocycles. The fourth-order valence-electron chi connectivity index (χ4n) is 3.51. The molecule has 1 saturated heterocycles. The molecule has 1 aromatic heterocycles. The third-order valence-corrected chi connectivity index (χ3v) is 6.41. The van der Waals surface area contributed by atoms with Gasteiger partial charge in [0, 0.05) is 21.6 Å². The van der Waals surface area contributed by atoms with Gasteiger partial charge in [0.2, 0.25) is 0 Å². The van der Waals surface area contributed by atoms with Crippen LogP contribution in [0.5, 0.6) is 0 Å². The minimum atomic E-state index is -0.749. The molecule has 0 saturated carbocycles. The van der Waals surface area contributed by atoms with Crippen molar-refractivity contribution in [3.63, 3.8) is 0 Å². The summed E-state index contributed by atoms with van der Waals surface area (Å²) >= 11 is 4.64. The molecule has 3 aromatic rings. The van der Waals surface area contributed by atoms with Gasteiger partial charge in [0.05, 0.1) is 11.6 Å². The number of thiazole rings is 1. The smallest absolute Gasteiger partial charge is 0.301 e. The minimum absolute atomic E-state index is 0.0646. The van der Waals surface area contributed by atoms with Gasteiger partial charge in [-0.05, 0) is 29.2 Å². The Morgan fingerprint density at radius 1 is 1.10 bits per heavy atom. The lowest BCUT2D eigenvalue weighted by Gasteiger charge is -2.23. The van der Waals surface area contributed by atoms with Gasteiger partial charge in [0.25, 0.3) is 5.78 Å². The zero-order valence-corrected chi connectivity index (χ0v) is 18.8. The highest BCUT2D eigenvalue weighted by Crippen LogP contribution is 2.42. The lowest BCUT2D eigenvalue weighted by atomic mass is 9.93. The maximum Gasteiger partial charge on any atom is 0.301 e. The van der Waals surface area contributed by atoms with Crippen LogP contribution < -0.4 is 4.90 Å². The third-order valence-electron chi connectivity index (χ3n) is 5.11. The summed E-state index contributed by atoms with van der Waals surface area (Å²) in [6, 6.07) is 14.0. The number of aliphatic hydroxyl groups excluding tert-OH is 1. The Balaban J connectivity index is 1.90. The molecule has 0 radical (unpaired) electrons. The molecule has 2 aromatic carbocycles. The van der Waals surface area contributed by atoms with Gasteiger partial charge in [-0.3, -0.25) is 14.5 Å². The molecule has 1 fully saturated rings. The highest BCUT2D eigenvalue weighted by atomic mass is 79.9. The van der Waals surface area contributed by atoms with Crippen LogP contribution in [-0.2, 0) is 9.59 Å². The largest absolute Gasteiger partial charge is 0.507 e. The molecule has 0 unspecified atom stereocenters. The first-order valence-electron chi connectivity index (χ1n) is 9.44. The van der Waals surface area contributed by atoms with Crippen LogP contribution >= 0.6 is 27.3 Å². The number of nitrogens with zero attached hydrogens (tertiary/aromatic N) is 2. The molecule has 2 heterocycles. The third kappa shape index (κ3) is 3.59. The average Bonchev–Trinajstić information content (AvgIpc) is 3.35. The van der Waals surface area contributed by atoms with Crippen molar-refractivity contribution >= 4 is 49.8 Å². The first-order valence-corrected chi connectivity index (χ1v) is 11.1. The molecule has 1 amide bonds. The van der Waals surface area contributed by atoms with Crippen molar-refractivity contribution < 1.29 is 14.7 Å². The number of ketones is 1. The van der Waals surface area contributed by atoms with Crippen LogP contribution in [0.2, 0.25) is 0 Å². The SMILES string of the molecule is CC(C)c1ccc([C@H]2C(=C(O)c3ccc(Br)cc3)C(=O)C(=O)N2c2nccs2)cc1. The maximum absolute atomic E-state index is 13.0. The molecule has 1 aliphatic heterocycles. The van der Waals surface area contributed by atoms with E-state index in [2.05, 4.69) is 34.8 Å². The van der Waals surface area contributed by atoms with E-state index in [0.717, 1.165) is 15.6 Å². The van der Waals surface area contributed by atoms with Gasteiger partial charge in [-0.2, -0.15) is 0 Å². The summed E-state index contributed by atoms with van der Waals surface area (Å²) < 4.78 is 0.850. The predicted octanol–water partition coefficient (Wildman–Crippen LogP) is 5.66. The number of anilines is 1. The Morgan fingerprint density at radius 2 is 1.77 bits per heavy atom. The highest BCUT2D eigenvalue weighted by molar-refractivity contribution is 9.10. The van der Waals surface area contributed by atoms with E-state index in [1.807, 2.05) is 24.3 Å². The molecule has 0 bridgehead atoms. The van der Waals surface area contributed by atoms with E-state index in [4.69, 9.17) is 0 Å². The van der Waals surface area contributed by atoms with Gasteiger partial charge < -0.3 is 5.11 Å². The fourth-order valence-corrected chi connectivity index (χ4v) is 4.44. The first kappa shape index (κ1) is 20.5. The maximum atomic E-state index is 13.0. The Morgan fingerprint density at radius 3 is 2.33 bits per heavy atom. The lowest BCUT2D eigenvalue weighted by molar-refractivity contribution is -0.132. The summed E-state index contributed by atoms with van der Waals surface area (Å²) in [5, 5.41) is 13.2. The number of hydrogen-bond donors (Lipinski definition) is 1. The van der Waals surface area contributed by atoms with E-state index in [-0.39, 0.29) is 11.3 Å². The summed E-state index contributed by atoms with van der Waals surface area (Å²) in [7, 11) is 0. The second-order valence-corrected chi connectivity index (χ2v) is 9.10. The number of rotatable bonds is 4. The number of hydrogen-bond acceptors (Lipinski definition) is 5. The van der Waals surface area contributed by atoms with Gasteiger partial charge in [-0.1, -0.05) is 66.2 Å². The van der Waals surface area contributed by atoms with E-state index < -0.39 is 17.7 Å². The Labute approximate surface area is 186 Å². The van der Waals surface area contributed by atoms with Crippen molar-refractivity contribution in [2.45, 2.75) is 25.8 Å². The first-order chi connectivity index (χ1) is 14.4. The summed E-state index contributed by atoms with van der Waals surface area (Å²) in [5.74, 6) is -1.25. The number of halogens is 1. The van der Waals surface area contributed by atoms with Crippen LogP contribution in [0.15, 0.2) is 70.2 Å². The van der Waals surface area contributed by atoms with Gasteiger partial charge in [0.1, 0.15) is 5.76 Å². The lowest BCUT2D eigenvalue weighted by Crippen LogP contribution is -2.29. The van der Waals surface area contributed by atoms with Gasteiger partial charge >= 0.3 is 5.91 Å². The number of aromatic nitrogens is 1. The predicted molar refractivity (Wildman–Crippen MR) is 122 cm³/mol. The molecule has 30 heavy (non-hydrogen) atoms. The van der Waals surface area contributed by atoms with E-state index in [1.54, 1.807) is 35.8 Å². The normalized spacial score (nSPS) is 18.4. The quantitative estimate of drug-likeness (QED) is 0.296. The molecule has 4 rings (SSSR count). The topological polar surface area (TPSA) is 70.5 Å². The van der Waals surface area contributed by atoms with Crippen molar-refractivity contribution in [3.05, 3.63) is 86.8 Å². The van der Waals surface area contributed by atoms with Crippen molar-refractivity contribution in [3.8, 4) is 0 Å². The number of carbonyl (C=O) groups is 2. The fraction of sp³-hybridized carbons (Fsp3) is 0.174. The van der Waals surface area contributed by atoms with E-state index in [1.165, 1.54) is 16.2 Å². The van der Waals surface area contributed by atoms with Crippen LogP contribution in [0, 0.1) is 0 Å². The van der Waals surface area contributed by atoms with Crippen LogP contribution in [-0.4, -0.2) is 21.8 Å². The number of amides is 1. The molecule has 1 atom stereocenters. The monoisotopic (exact) mass is 482 g/mol. The number of Topliss-reactive ketones (excluding diaryl/α,β-unsaturated/α-hetero) is 1. The van der Waals surface area contributed by atoms with Crippen LogP contribution in [0.1, 0.15) is 42.5 Å². The highest BCUT2D eigenvalue weighted by Gasteiger charge is 2.47. The van der Waals surface area contributed by atoms with Crippen LogP contribution in [0.25, 0.3) is 5.76 Å². The van der Waals surface area contributed by atoms with Crippen molar-refractivity contribution in [1.29, 1.82) is 0 Å². The standard InChI is InChI=1S/C23H19BrN2O3S/c1-13(2)14-3-5-15(6-4-14)19-18(20(27)16-7-9-17(24)10-8-16)21(28)22(29)26(19)23-25-11-12-30-23/h3-13,19,27H,1-2H3/t19-/m0/s1. The van der Waals surface area contributed by atoms with E-state index >= 15 is 0 Å². The van der Waals surface area contributed by atoms with Gasteiger partial charge in [-0.25, -0.2) is 4.98 Å². The molecule has 1 aliphatic rings. The van der Waals surface area contributed by atoms with Crippen molar-refractivity contribution in [2.75, 3.05) is 4.90 Å². The summed E-state index contributed by atoms with van der Waals surface area (Å²) in [6.07, 6.45) is 1.59. The molecule has 0 spiro atoms. The number of benzene rings is 2. The van der Waals surface area contributed by atoms with E-state index in [0.29, 0.717) is 16.6 Å². The Hall–Kier alpha value is -2.77. The zero-order chi connectivity index (χ0) is 21.4. The molecule has 5 nitrogen and oxygen atoms in total. The van der Waals surface area contributed by atoms with Crippen LogP contribution in [0.3, 0.4) is 0 Å². The van der Waals surface area contributed by atoms with Crippen LogP contribution in [0.4, 0.5) is 5.13 Å². The summed E-state index contributed by atoms with van der Waals surface area (Å²) in [4.78, 5) is 31.6. The molecule has 1 N–H and O–H groups in total. The Kier molecular flexibility index (Phi) is 5.58. The zero-order valence-electron chi connectivity index (χ0n) is 16.4. The van der Waals surface area contributed by atoms with Gasteiger partial charge in [0.15, 0.2) is 5.13 Å². The van der Waals surface area contributed by atoms with Crippen molar-refractivity contribution in [2.24, 2.45) is 0 Å². The molecular weight excluding hydrogens is 464 g/mol. The Bertz CT molecular complexity index is 1120. The molecule has 152 valence electrons. The second-order valence-electron chi connectivity index (χ2n) is 7.31. The van der Waals surface area contributed by atoms with Gasteiger partial charge in [-0.15, -0.1) is 11.3 Å². The van der Waals surface area contributed by atoms with Crippen molar-refractivity contribution in [1.82, 2.24) is 4.98 Å².